The zero-order chi connectivity index (χ0) is 25.0. The van der Waals surface area contributed by atoms with E-state index in [1.54, 1.807) is 0 Å². The summed E-state index contributed by atoms with van der Waals surface area (Å²) in [6.45, 7) is 3.76. The van der Waals surface area contributed by atoms with Crippen molar-refractivity contribution < 1.29 is 4.79 Å². The van der Waals surface area contributed by atoms with Crippen LogP contribution in [0.25, 0.3) is 10.9 Å². The van der Waals surface area contributed by atoms with Crippen LogP contribution < -0.4 is 4.90 Å². The molecular formula is C32H36N4O. The van der Waals surface area contributed by atoms with E-state index in [1.807, 2.05) is 18.0 Å². The average Bonchev–Trinajstić information content (AvgIpc) is 3.52. The third kappa shape index (κ3) is 3.86. The van der Waals surface area contributed by atoms with Crippen LogP contribution in [0.5, 0.6) is 0 Å². The smallest absolute Gasteiger partial charge is 0.238 e. The predicted octanol–water partition coefficient (Wildman–Crippen LogP) is 5.89. The Hall–Kier alpha value is -3.18. The fraction of sp³-hybridized carbons (Fsp3) is 0.438. The van der Waals surface area contributed by atoms with Gasteiger partial charge in [0.2, 0.25) is 5.91 Å². The number of carbonyl (C=O) groups excluding carboxylic acids is 1. The number of nitrogens with zero attached hydrogens (tertiary/aromatic N) is 3. The Balaban J connectivity index is 1.01. The number of para-hydroxylation sites is 1. The Morgan fingerprint density at radius 2 is 1.95 bits per heavy atom. The van der Waals surface area contributed by atoms with E-state index in [4.69, 9.17) is 0 Å². The number of piperidine rings is 1. The van der Waals surface area contributed by atoms with E-state index in [9.17, 15) is 4.79 Å². The van der Waals surface area contributed by atoms with E-state index in [1.165, 1.54) is 66.7 Å². The van der Waals surface area contributed by atoms with Crippen molar-refractivity contribution in [2.45, 2.75) is 56.3 Å². The van der Waals surface area contributed by atoms with Crippen LogP contribution >= 0.6 is 0 Å². The third-order valence-corrected chi connectivity index (χ3v) is 9.32. The van der Waals surface area contributed by atoms with Gasteiger partial charge in [0.05, 0.1) is 10.9 Å². The summed E-state index contributed by atoms with van der Waals surface area (Å²) in [5.41, 5.74) is 6.74. The molecule has 2 aromatic carbocycles. The molecule has 1 aromatic heterocycles. The largest absolute Gasteiger partial charge is 0.314 e. The van der Waals surface area contributed by atoms with Gasteiger partial charge in [-0.05, 0) is 80.8 Å². The lowest BCUT2D eigenvalue weighted by molar-refractivity contribution is -0.120. The maximum absolute atomic E-state index is 13.2. The third-order valence-electron chi connectivity index (χ3n) is 9.32. The van der Waals surface area contributed by atoms with Crippen LogP contribution in [-0.2, 0) is 16.6 Å². The second-order valence-corrected chi connectivity index (χ2v) is 11.6. The number of amides is 1. The van der Waals surface area contributed by atoms with Crippen LogP contribution in [0.2, 0.25) is 0 Å². The highest BCUT2D eigenvalue weighted by atomic mass is 16.2. The Morgan fingerprint density at radius 3 is 2.78 bits per heavy atom. The van der Waals surface area contributed by atoms with Crippen LogP contribution in [0.3, 0.4) is 0 Å². The first kappa shape index (κ1) is 23.0. The summed E-state index contributed by atoms with van der Waals surface area (Å²) in [4.78, 5) is 17.7. The lowest BCUT2D eigenvalue weighted by atomic mass is 9.91. The maximum atomic E-state index is 13.2. The summed E-state index contributed by atoms with van der Waals surface area (Å²) in [6.07, 6.45) is 15.4. The van der Waals surface area contributed by atoms with Gasteiger partial charge in [0.25, 0.3) is 0 Å². The van der Waals surface area contributed by atoms with E-state index in [0.29, 0.717) is 5.92 Å². The Bertz CT molecular complexity index is 1410. The summed E-state index contributed by atoms with van der Waals surface area (Å²) < 4.78 is 0. The summed E-state index contributed by atoms with van der Waals surface area (Å²) in [5, 5.41) is 9.18. The first-order chi connectivity index (χ1) is 18.1. The number of nitrogens with one attached hydrogen (secondary N) is 1. The molecule has 0 bridgehead atoms. The topological polar surface area (TPSA) is 52.2 Å². The van der Waals surface area contributed by atoms with Gasteiger partial charge in [0.1, 0.15) is 0 Å². The van der Waals surface area contributed by atoms with Crippen molar-refractivity contribution >= 4 is 22.5 Å². The van der Waals surface area contributed by atoms with E-state index in [2.05, 4.69) is 69.7 Å². The summed E-state index contributed by atoms with van der Waals surface area (Å²) in [7, 11) is 1.90. The van der Waals surface area contributed by atoms with Gasteiger partial charge < -0.3 is 9.80 Å². The van der Waals surface area contributed by atoms with Crippen LogP contribution in [-0.4, -0.2) is 47.7 Å². The predicted molar refractivity (Wildman–Crippen MR) is 149 cm³/mol. The highest BCUT2D eigenvalue weighted by Gasteiger charge is 2.66. The van der Waals surface area contributed by atoms with Gasteiger partial charge in [-0.3, -0.25) is 9.89 Å². The van der Waals surface area contributed by atoms with Crippen LogP contribution in [0.15, 0.2) is 66.3 Å². The average molecular weight is 493 g/mol. The van der Waals surface area contributed by atoms with Gasteiger partial charge in [-0.1, -0.05) is 60.6 Å². The SMILES string of the molecule is CN1C(=O)[C@@]2(C[C@H]2c2ccc3c(CCC4=CCC(CN5CCCCC5)C=C4)[nH]nc3c2)c2ccccc21. The zero-order valence-electron chi connectivity index (χ0n) is 21.7. The summed E-state index contributed by atoms with van der Waals surface area (Å²) in [5.74, 6) is 1.12. The number of hydrogen-bond acceptors (Lipinski definition) is 3. The number of aromatic nitrogens is 2. The minimum absolute atomic E-state index is 0.228. The number of benzene rings is 2. The van der Waals surface area contributed by atoms with E-state index < -0.39 is 0 Å². The highest BCUT2D eigenvalue weighted by molar-refractivity contribution is 6.11. The van der Waals surface area contributed by atoms with Crippen molar-refractivity contribution in [1.29, 1.82) is 0 Å². The van der Waals surface area contributed by atoms with Crippen molar-refractivity contribution in [3.63, 3.8) is 0 Å². The molecule has 7 rings (SSSR count). The molecule has 3 aromatic rings. The number of allylic oxidation sites excluding steroid dienone is 3. The van der Waals surface area contributed by atoms with E-state index in [0.717, 1.165) is 36.9 Å². The lowest BCUT2D eigenvalue weighted by Gasteiger charge is -2.30. The number of likely N-dealkylation sites (tertiary alicyclic amines) is 1. The molecule has 3 heterocycles. The van der Waals surface area contributed by atoms with Crippen LogP contribution in [0.4, 0.5) is 5.69 Å². The molecule has 2 fully saturated rings. The van der Waals surface area contributed by atoms with Crippen LogP contribution in [0, 0.1) is 5.92 Å². The van der Waals surface area contributed by atoms with Crippen molar-refractivity contribution in [2.75, 3.05) is 31.6 Å². The highest BCUT2D eigenvalue weighted by Crippen LogP contribution is 2.66. The molecule has 3 atom stereocenters. The molecule has 0 radical (unpaired) electrons. The molecule has 1 N–H and O–H groups in total. The maximum Gasteiger partial charge on any atom is 0.238 e. The summed E-state index contributed by atoms with van der Waals surface area (Å²) in [6, 6.07) is 14.9. The molecule has 1 spiro atoms. The quantitative estimate of drug-likeness (QED) is 0.467. The first-order valence-electron chi connectivity index (χ1n) is 14.1. The fourth-order valence-corrected chi connectivity index (χ4v) is 7.13. The second kappa shape index (κ2) is 8.98. The molecule has 5 heteroatoms. The van der Waals surface area contributed by atoms with Crippen molar-refractivity contribution in [1.82, 2.24) is 15.1 Å². The molecule has 1 unspecified atom stereocenters. The summed E-state index contributed by atoms with van der Waals surface area (Å²) >= 11 is 0. The molecule has 4 aliphatic rings. The standard InChI is InChI=1S/C32H36N4O/c1-35-30-8-4-3-7-26(30)32(31(35)37)20-27(32)24-14-15-25-28(33-34-29(25)19-24)16-13-22-9-11-23(12-10-22)21-36-17-5-2-6-18-36/h3-4,7-11,14-15,19,23,27H,2,5-6,12-13,16-18,20-21H2,1H3,(H,33,34)/t23?,27-,32-/m0/s1. The number of anilines is 1. The van der Waals surface area contributed by atoms with Gasteiger partial charge >= 0.3 is 0 Å². The molecule has 2 aliphatic heterocycles. The number of likely N-dealkylation sites (N-methyl/N-ethyl adjacent to an activating group) is 1. The Kier molecular flexibility index (Phi) is 5.58. The molecule has 37 heavy (non-hydrogen) atoms. The molecule has 1 saturated carbocycles. The molecule has 1 amide bonds. The van der Waals surface area contributed by atoms with E-state index in [-0.39, 0.29) is 17.2 Å². The number of carbonyl (C=O) groups is 1. The number of aromatic amines is 1. The number of rotatable bonds is 6. The van der Waals surface area contributed by atoms with Gasteiger partial charge in [0, 0.05) is 36.3 Å². The molecule has 1 saturated heterocycles. The lowest BCUT2D eigenvalue weighted by Crippen LogP contribution is -2.33. The number of H-pyrrole nitrogens is 1. The molecule has 190 valence electrons. The van der Waals surface area contributed by atoms with Gasteiger partial charge in [-0.15, -0.1) is 0 Å². The van der Waals surface area contributed by atoms with Crippen molar-refractivity contribution in [3.05, 3.63) is 83.1 Å². The monoisotopic (exact) mass is 492 g/mol. The Labute approximate surface area is 219 Å². The minimum atomic E-state index is -0.385. The van der Waals surface area contributed by atoms with E-state index >= 15 is 0 Å². The second-order valence-electron chi connectivity index (χ2n) is 11.6. The van der Waals surface area contributed by atoms with Crippen molar-refractivity contribution in [3.8, 4) is 0 Å². The molecule has 5 nitrogen and oxygen atoms in total. The first-order valence-corrected chi connectivity index (χ1v) is 14.1. The van der Waals surface area contributed by atoms with Crippen molar-refractivity contribution in [2.24, 2.45) is 5.92 Å². The number of hydrogen-bond donors (Lipinski definition) is 1. The normalized spacial score (nSPS) is 27.2. The fourth-order valence-electron chi connectivity index (χ4n) is 7.13. The minimum Gasteiger partial charge on any atom is -0.314 e. The van der Waals surface area contributed by atoms with Crippen LogP contribution in [0.1, 0.15) is 61.3 Å². The zero-order valence-corrected chi connectivity index (χ0v) is 21.7. The molecular weight excluding hydrogens is 456 g/mol. The van der Waals surface area contributed by atoms with Gasteiger partial charge in [-0.2, -0.15) is 5.10 Å². The van der Waals surface area contributed by atoms with Gasteiger partial charge in [0.15, 0.2) is 0 Å². The Morgan fingerprint density at radius 1 is 1.08 bits per heavy atom. The van der Waals surface area contributed by atoms with Gasteiger partial charge in [-0.25, -0.2) is 0 Å². The number of fused-ring (bicyclic) bond motifs is 3. The number of aryl methyl sites for hydroxylation is 1. The molecule has 2 aliphatic carbocycles.